The number of halogens is 1. The minimum Gasteiger partial charge on any atom is -0.288 e. The molecule has 0 spiro atoms. The van der Waals surface area contributed by atoms with Crippen LogP contribution in [-0.2, 0) is 20.0 Å². The van der Waals surface area contributed by atoms with Crippen LogP contribution in [0.5, 0.6) is 0 Å². The van der Waals surface area contributed by atoms with E-state index in [1.54, 1.807) is 19.9 Å². The molecule has 0 saturated heterocycles. The van der Waals surface area contributed by atoms with Gasteiger partial charge in [-0.05, 0) is 49.2 Å². The molecule has 0 aliphatic carbocycles. The van der Waals surface area contributed by atoms with Crippen LogP contribution in [0.15, 0.2) is 48.8 Å². The summed E-state index contributed by atoms with van der Waals surface area (Å²) in [5.74, 6) is -2.48. The predicted molar refractivity (Wildman–Crippen MR) is 120 cm³/mol. The Labute approximate surface area is 186 Å². The normalized spacial score (nSPS) is 12.1. The molecule has 0 amide bonds. The lowest BCUT2D eigenvalue weighted by Gasteiger charge is -2.24. The lowest BCUT2D eigenvalue weighted by Crippen LogP contribution is -2.40. The fourth-order valence-electron chi connectivity index (χ4n) is 3.24. The zero-order valence-corrected chi connectivity index (χ0v) is 19.2. The third-order valence-corrected chi connectivity index (χ3v) is 9.21. The predicted octanol–water partition coefficient (Wildman–Crippen LogP) is 3.29. The van der Waals surface area contributed by atoms with E-state index in [4.69, 9.17) is 0 Å². The fourth-order valence-corrected chi connectivity index (χ4v) is 7.30. The van der Waals surface area contributed by atoms with Crippen LogP contribution in [0.25, 0.3) is 11.0 Å². The minimum absolute atomic E-state index is 0.105. The molecule has 3 rings (SSSR count). The van der Waals surface area contributed by atoms with E-state index in [0.29, 0.717) is 14.7 Å². The number of anilines is 1. The highest BCUT2D eigenvalue weighted by Crippen LogP contribution is 2.28. The van der Waals surface area contributed by atoms with Crippen LogP contribution < -0.4 is 3.71 Å². The second kappa shape index (κ2) is 9.29. The van der Waals surface area contributed by atoms with Crippen LogP contribution in [0.2, 0.25) is 0 Å². The molecule has 0 fully saturated rings. The largest absolute Gasteiger partial charge is 0.288 e. The minimum atomic E-state index is -4.26. The van der Waals surface area contributed by atoms with E-state index in [9.17, 15) is 26.0 Å². The van der Waals surface area contributed by atoms with Gasteiger partial charge in [-0.2, -0.15) is 3.71 Å². The Morgan fingerprint density at radius 2 is 1.47 bits per heavy atom. The number of hydrogen-bond donors (Lipinski definition) is 0. The molecule has 11 heteroatoms. The molecule has 1 aromatic heterocycles. The highest BCUT2D eigenvalue weighted by atomic mass is 32.3. The molecular formula is C21H22FN3O5S2. The van der Waals surface area contributed by atoms with Crippen molar-refractivity contribution < 1.29 is 26.0 Å². The van der Waals surface area contributed by atoms with Gasteiger partial charge >= 0.3 is 0 Å². The van der Waals surface area contributed by atoms with Gasteiger partial charge in [0, 0.05) is 18.0 Å². The molecular weight excluding hydrogens is 457 g/mol. The Kier molecular flexibility index (Phi) is 6.89. The van der Waals surface area contributed by atoms with E-state index in [0.717, 1.165) is 18.2 Å². The highest BCUT2D eigenvalue weighted by molar-refractivity contribution is 8.10. The first-order chi connectivity index (χ1) is 15.1. The first kappa shape index (κ1) is 23.7. The Morgan fingerprint density at radius 3 is 2.06 bits per heavy atom. The summed E-state index contributed by atoms with van der Waals surface area (Å²) < 4.78 is 66.1. The average Bonchev–Trinajstić information content (AvgIpc) is 2.73. The van der Waals surface area contributed by atoms with Gasteiger partial charge in [-0.25, -0.2) is 21.2 Å². The molecule has 0 aliphatic rings. The molecule has 0 radical (unpaired) electrons. The van der Waals surface area contributed by atoms with Gasteiger partial charge in [0.05, 0.1) is 33.8 Å². The molecule has 8 nitrogen and oxygen atoms in total. The zero-order valence-electron chi connectivity index (χ0n) is 17.5. The summed E-state index contributed by atoms with van der Waals surface area (Å²) in [5, 5.41) is 0. The number of rotatable bonds is 9. The molecule has 0 unspecified atom stereocenters. The summed E-state index contributed by atoms with van der Waals surface area (Å²) in [6.45, 7) is 3.20. The summed E-state index contributed by atoms with van der Waals surface area (Å²) in [7, 11) is -8.52. The maximum absolute atomic E-state index is 14.6. The van der Waals surface area contributed by atoms with Crippen LogP contribution in [-0.4, -0.2) is 44.1 Å². The Morgan fingerprint density at radius 1 is 0.875 bits per heavy atom. The van der Waals surface area contributed by atoms with E-state index in [1.807, 2.05) is 0 Å². The number of hydrogen-bond acceptors (Lipinski definition) is 7. The third kappa shape index (κ3) is 4.78. The molecule has 3 aromatic rings. The molecule has 170 valence electrons. The van der Waals surface area contributed by atoms with Gasteiger partial charge in [-0.15, -0.1) is 0 Å². The topological polar surface area (TPSA) is 114 Å². The van der Waals surface area contributed by atoms with Crippen LogP contribution in [0, 0.1) is 5.82 Å². The monoisotopic (exact) mass is 479 g/mol. The van der Waals surface area contributed by atoms with Crippen molar-refractivity contribution in [2.24, 2.45) is 0 Å². The summed E-state index contributed by atoms with van der Waals surface area (Å²) in [4.78, 5) is 21.3. The molecule has 0 saturated carbocycles. The van der Waals surface area contributed by atoms with Gasteiger partial charge in [-0.3, -0.25) is 14.8 Å². The Bertz CT molecular complexity index is 1340. The van der Waals surface area contributed by atoms with E-state index in [-0.39, 0.29) is 24.1 Å². The molecule has 0 bridgehead atoms. The number of aromatic nitrogens is 2. The van der Waals surface area contributed by atoms with E-state index in [1.165, 1.54) is 24.5 Å². The quantitative estimate of drug-likeness (QED) is 0.433. The van der Waals surface area contributed by atoms with Gasteiger partial charge in [0.15, 0.2) is 5.78 Å². The van der Waals surface area contributed by atoms with Crippen molar-refractivity contribution in [2.45, 2.75) is 26.7 Å². The highest BCUT2D eigenvalue weighted by Gasteiger charge is 2.34. The average molecular weight is 480 g/mol. The first-order valence-electron chi connectivity index (χ1n) is 9.91. The standard InChI is InChI=1S/C21H22FN3O5S2/c1-3-11-31(27,28)25(32(29,30)12-4-2)16-6-7-18(22)17(14-16)21(26)15-5-8-19-20(13-15)24-10-9-23-19/h5-10,13-14H,3-4,11-12H2,1-2H3. The Hall–Kier alpha value is -2.92. The van der Waals surface area contributed by atoms with Crippen molar-refractivity contribution in [1.29, 1.82) is 0 Å². The van der Waals surface area contributed by atoms with Crippen molar-refractivity contribution >= 4 is 42.6 Å². The SMILES string of the molecule is CCCS(=O)(=O)N(c1ccc(F)c(C(=O)c2ccc3nccnc3c2)c1)S(=O)(=O)CCC. The van der Waals surface area contributed by atoms with Crippen molar-refractivity contribution in [3.63, 3.8) is 0 Å². The van der Waals surface area contributed by atoms with Gasteiger partial charge in [-0.1, -0.05) is 13.8 Å². The number of carbonyl (C=O) groups excluding carboxylic acids is 1. The molecule has 32 heavy (non-hydrogen) atoms. The van der Waals surface area contributed by atoms with Gasteiger partial charge in [0.25, 0.3) is 0 Å². The zero-order chi connectivity index (χ0) is 23.5. The van der Waals surface area contributed by atoms with E-state index in [2.05, 4.69) is 9.97 Å². The van der Waals surface area contributed by atoms with Crippen LogP contribution in [0.3, 0.4) is 0 Å². The summed E-state index contributed by atoms with van der Waals surface area (Å²) in [5.41, 5.74) is 0.313. The molecule has 0 N–H and O–H groups in total. The van der Waals surface area contributed by atoms with E-state index >= 15 is 0 Å². The summed E-state index contributed by atoms with van der Waals surface area (Å²) in [6, 6.07) is 7.33. The molecule has 1 heterocycles. The van der Waals surface area contributed by atoms with Crippen molar-refractivity contribution in [2.75, 3.05) is 15.2 Å². The maximum Gasteiger partial charge on any atom is 0.248 e. The number of sulfonamides is 2. The molecule has 0 atom stereocenters. The molecule has 0 aliphatic heterocycles. The number of nitrogens with zero attached hydrogens (tertiary/aromatic N) is 3. The second-order valence-electron chi connectivity index (χ2n) is 7.08. The fraction of sp³-hybridized carbons (Fsp3) is 0.286. The Balaban J connectivity index is 2.13. The lowest BCUT2D eigenvalue weighted by atomic mass is 10.0. The van der Waals surface area contributed by atoms with Crippen molar-refractivity contribution in [3.05, 3.63) is 65.7 Å². The number of fused-ring (bicyclic) bond motifs is 1. The lowest BCUT2D eigenvalue weighted by molar-refractivity contribution is 0.103. The number of carbonyl (C=O) groups is 1. The van der Waals surface area contributed by atoms with Gasteiger partial charge in [0.1, 0.15) is 5.82 Å². The van der Waals surface area contributed by atoms with Crippen LogP contribution in [0.1, 0.15) is 42.6 Å². The van der Waals surface area contributed by atoms with Crippen LogP contribution in [0.4, 0.5) is 10.1 Å². The van der Waals surface area contributed by atoms with Gasteiger partial charge < -0.3 is 0 Å². The van der Waals surface area contributed by atoms with E-state index < -0.39 is 48.7 Å². The number of ketones is 1. The summed E-state index contributed by atoms with van der Waals surface area (Å²) >= 11 is 0. The van der Waals surface area contributed by atoms with Crippen LogP contribution >= 0.6 is 0 Å². The second-order valence-corrected chi connectivity index (χ2v) is 11.2. The maximum atomic E-state index is 14.6. The first-order valence-corrected chi connectivity index (χ1v) is 13.1. The number of benzene rings is 2. The van der Waals surface area contributed by atoms with Crippen molar-refractivity contribution in [3.8, 4) is 0 Å². The summed E-state index contributed by atoms with van der Waals surface area (Å²) in [6.07, 6.45) is 3.32. The molecule has 2 aromatic carbocycles. The van der Waals surface area contributed by atoms with Gasteiger partial charge in [0.2, 0.25) is 20.0 Å². The third-order valence-electron chi connectivity index (χ3n) is 4.57. The smallest absolute Gasteiger partial charge is 0.248 e. The van der Waals surface area contributed by atoms with Crippen molar-refractivity contribution in [1.82, 2.24) is 9.97 Å².